The highest BCUT2D eigenvalue weighted by Crippen LogP contribution is 2.22. The van der Waals surface area contributed by atoms with Gasteiger partial charge in [0.25, 0.3) is 0 Å². The van der Waals surface area contributed by atoms with Gasteiger partial charge >= 0.3 is 0 Å². The van der Waals surface area contributed by atoms with Gasteiger partial charge in [0.2, 0.25) is 11.8 Å². The second-order valence-electron chi connectivity index (χ2n) is 10.7. The summed E-state index contributed by atoms with van der Waals surface area (Å²) in [4.78, 5) is 29.4. The highest BCUT2D eigenvalue weighted by molar-refractivity contribution is 6.30. The van der Waals surface area contributed by atoms with E-state index in [0.29, 0.717) is 30.8 Å². The van der Waals surface area contributed by atoms with Crippen LogP contribution in [0.1, 0.15) is 43.9 Å². The summed E-state index contributed by atoms with van der Waals surface area (Å²) in [5, 5.41) is 6.05. The Kier molecular flexibility index (Phi) is 8.85. The molecule has 2 amide bonds. The summed E-state index contributed by atoms with van der Waals surface area (Å²) in [5.74, 6) is -0.216. The number of halogens is 1. The van der Waals surface area contributed by atoms with Crippen LogP contribution in [0.2, 0.25) is 5.02 Å². The van der Waals surface area contributed by atoms with Crippen LogP contribution < -0.4 is 5.32 Å². The zero-order valence-electron chi connectivity index (χ0n) is 22.3. The standard InChI is InChI=1S/C33H35ClN2O2/c1-33(2,3)35-32(38)30(22-24-10-5-4-6-11-24)36(23-25-16-19-28(34)20-17-25)31(37)21-18-27-14-9-13-26-12-7-8-15-29(26)27/h4-17,19-20,30H,18,21-23H2,1-3H3,(H,35,38)/t30-/m1/s1. The number of benzene rings is 4. The molecule has 0 spiro atoms. The smallest absolute Gasteiger partial charge is 0.243 e. The monoisotopic (exact) mass is 526 g/mol. The minimum absolute atomic E-state index is 0.0575. The van der Waals surface area contributed by atoms with Crippen molar-refractivity contribution in [1.82, 2.24) is 10.2 Å². The fourth-order valence-electron chi connectivity index (χ4n) is 4.69. The van der Waals surface area contributed by atoms with E-state index in [1.807, 2.05) is 93.6 Å². The average Bonchev–Trinajstić information content (AvgIpc) is 2.90. The molecule has 4 nitrogen and oxygen atoms in total. The number of nitrogens with one attached hydrogen (secondary N) is 1. The Balaban J connectivity index is 1.65. The van der Waals surface area contributed by atoms with Gasteiger partial charge in [-0.1, -0.05) is 96.5 Å². The molecule has 0 aliphatic carbocycles. The second kappa shape index (κ2) is 12.3. The van der Waals surface area contributed by atoms with E-state index < -0.39 is 11.6 Å². The normalized spacial score (nSPS) is 12.2. The van der Waals surface area contributed by atoms with Gasteiger partial charge in [0.15, 0.2) is 0 Å². The SMILES string of the molecule is CC(C)(C)NC(=O)[C@@H](Cc1ccccc1)N(Cc1ccc(Cl)cc1)C(=O)CCc1cccc2ccccc12. The summed E-state index contributed by atoms with van der Waals surface area (Å²) >= 11 is 6.12. The van der Waals surface area contributed by atoms with Gasteiger partial charge in [0, 0.05) is 29.9 Å². The van der Waals surface area contributed by atoms with Crippen LogP contribution in [0.25, 0.3) is 10.8 Å². The number of rotatable bonds is 9. The van der Waals surface area contributed by atoms with Crippen molar-refractivity contribution in [2.45, 2.75) is 58.2 Å². The van der Waals surface area contributed by atoms with Crippen LogP contribution in [-0.4, -0.2) is 28.3 Å². The van der Waals surface area contributed by atoms with Crippen LogP contribution >= 0.6 is 11.6 Å². The van der Waals surface area contributed by atoms with Gasteiger partial charge in [-0.15, -0.1) is 0 Å². The molecule has 0 aromatic heterocycles. The lowest BCUT2D eigenvalue weighted by Gasteiger charge is -2.34. The van der Waals surface area contributed by atoms with Crippen LogP contribution in [0.4, 0.5) is 0 Å². The lowest BCUT2D eigenvalue weighted by atomic mass is 9.98. The lowest BCUT2D eigenvalue weighted by molar-refractivity contribution is -0.141. The molecule has 0 saturated heterocycles. The van der Waals surface area contributed by atoms with Crippen molar-refractivity contribution in [2.24, 2.45) is 0 Å². The maximum absolute atomic E-state index is 13.9. The van der Waals surface area contributed by atoms with Crippen LogP contribution in [0, 0.1) is 0 Å². The van der Waals surface area contributed by atoms with Gasteiger partial charge in [0.1, 0.15) is 6.04 Å². The number of hydrogen-bond acceptors (Lipinski definition) is 2. The van der Waals surface area contributed by atoms with E-state index in [0.717, 1.165) is 27.5 Å². The number of hydrogen-bond donors (Lipinski definition) is 1. The second-order valence-corrected chi connectivity index (χ2v) is 11.2. The minimum Gasteiger partial charge on any atom is -0.350 e. The molecule has 0 heterocycles. The molecule has 0 bridgehead atoms. The van der Waals surface area contributed by atoms with Crippen molar-refractivity contribution in [3.05, 3.63) is 119 Å². The van der Waals surface area contributed by atoms with Crippen molar-refractivity contribution in [3.63, 3.8) is 0 Å². The highest BCUT2D eigenvalue weighted by Gasteiger charge is 2.32. The van der Waals surface area contributed by atoms with E-state index in [9.17, 15) is 9.59 Å². The first-order chi connectivity index (χ1) is 18.2. The van der Waals surface area contributed by atoms with Crippen molar-refractivity contribution >= 4 is 34.2 Å². The predicted molar refractivity (Wildman–Crippen MR) is 156 cm³/mol. The number of nitrogens with zero attached hydrogens (tertiary/aromatic N) is 1. The topological polar surface area (TPSA) is 49.4 Å². The summed E-state index contributed by atoms with van der Waals surface area (Å²) in [5.41, 5.74) is 2.63. The Morgan fingerprint density at radius 3 is 2.18 bits per heavy atom. The summed E-state index contributed by atoms with van der Waals surface area (Å²) in [6.07, 6.45) is 1.32. The molecule has 4 aromatic carbocycles. The molecule has 4 rings (SSSR count). The number of aryl methyl sites for hydroxylation is 1. The summed E-state index contributed by atoms with van der Waals surface area (Å²) < 4.78 is 0. The Morgan fingerprint density at radius 2 is 1.47 bits per heavy atom. The van der Waals surface area contributed by atoms with Crippen LogP contribution in [0.3, 0.4) is 0 Å². The highest BCUT2D eigenvalue weighted by atomic mass is 35.5. The van der Waals surface area contributed by atoms with Crippen LogP contribution in [0.15, 0.2) is 97.1 Å². The predicted octanol–water partition coefficient (Wildman–Crippen LogP) is 6.98. The molecule has 1 atom stereocenters. The van der Waals surface area contributed by atoms with E-state index in [4.69, 9.17) is 11.6 Å². The van der Waals surface area contributed by atoms with Crippen LogP contribution in [-0.2, 0) is 29.0 Å². The molecule has 0 aliphatic rings. The third-order valence-electron chi connectivity index (χ3n) is 6.52. The first kappa shape index (κ1) is 27.4. The third kappa shape index (κ3) is 7.45. The Bertz CT molecular complexity index is 1370. The van der Waals surface area contributed by atoms with E-state index in [2.05, 4.69) is 29.6 Å². The number of fused-ring (bicyclic) bond motifs is 1. The fourth-order valence-corrected chi connectivity index (χ4v) is 4.82. The van der Waals surface area contributed by atoms with Crippen molar-refractivity contribution in [2.75, 3.05) is 0 Å². The Labute approximate surface area is 230 Å². The fraction of sp³-hybridized carbons (Fsp3) is 0.273. The molecule has 38 heavy (non-hydrogen) atoms. The summed E-state index contributed by atoms with van der Waals surface area (Å²) in [6, 6.07) is 31.1. The minimum atomic E-state index is -0.660. The zero-order chi connectivity index (χ0) is 27.1. The van der Waals surface area contributed by atoms with Gasteiger partial charge in [-0.2, -0.15) is 0 Å². The molecule has 0 unspecified atom stereocenters. The quantitative estimate of drug-likeness (QED) is 0.256. The molecule has 0 radical (unpaired) electrons. The molecule has 196 valence electrons. The zero-order valence-corrected chi connectivity index (χ0v) is 23.0. The van der Waals surface area contributed by atoms with Crippen molar-refractivity contribution in [3.8, 4) is 0 Å². The van der Waals surface area contributed by atoms with E-state index in [1.54, 1.807) is 4.90 Å². The number of amides is 2. The van der Waals surface area contributed by atoms with Crippen LogP contribution in [0.5, 0.6) is 0 Å². The Morgan fingerprint density at radius 1 is 0.816 bits per heavy atom. The summed E-state index contributed by atoms with van der Waals surface area (Å²) in [7, 11) is 0. The number of carbonyl (C=O) groups is 2. The van der Waals surface area contributed by atoms with Crippen molar-refractivity contribution in [1.29, 1.82) is 0 Å². The van der Waals surface area contributed by atoms with Gasteiger partial charge < -0.3 is 10.2 Å². The molecule has 4 aromatic rings. The van der Waals surface area contributed by atoms with Gasteiger partial charge in [0.05, 0.1) is 0 Å². The first-order valence-corrected chi connectivity index (χ1v) is 13.4. The van der Waals surface area contributed by atoms with E-state index in [1.165, 1.54) is 0 Å². The Hall–Kier alpha value is -3.63. The van der Waals surface area contributed by atoms with Gasteiger partial charge in [-0.3, -0.25) is 9.59 Å². The largest absolute Gasteiger partial charge is 0.350 e. The number of carbonyl (C=O) groups excluding carboxylic acids is 2. The molecular weight excluding hydrogens is 492 g/mol. The molecule has 0 saturated carbocycles. The van der Waals surface area contributed by atoms with Crippen molar-refractivity contribution < 1.29 is 9.59 Å². The van der Waals surface area contributed by atoms with E-state index >= 15 is 0 Å². The molecule has 1 N–H and O–H groups in total. The lowest BCUT2D eigenvalue weighted by Crippen LogP contribution is -2.54. The maximum atomic E-state index is 13.9. The van der Waals surface area contributed by atoms with E-state index in [-0.39, 0.29) is 11.8 Å². The van der Waals surface area contributed by atoms with Gasteiger partial charge in [-0.05, 0) is 66.8 Å². The molecule has 0 fully saturated rings. The summed E-state index contributed by atoms with van der Waals surface area (Å²) in [6.45, 7) is 6.18. The maximum Gasteiger partial charge on any atom is 0.243 e. The molecule has 5 heteroatoms. The molecule has 0 aliphatic heterocycles. The third-order valence-corrected chi connectivity index (χ3v) is 6.78. The average molecular weight is 527 g/mol. The first-order valence-electron chi connectivity index (χ1n) is 13.1. The van der Waals surface area contributed by atoms with Gasteiger partial charge in [-0.25, -0.2) is 0 Å². The molecular formula is C33H35ClN2O2.